The van der Waals surface area contributed by atoms with E-state index in [0.29, 0.717) is 11.5 Å². The van der Waals surface area contributed by atoms with Crippen molar-refractivity contribution in [3.05, 3.63) is 66.1 Å². The third-order valence-corrected chi connectivity index (χ3v) is 5.53. The average molecular weight is 420 g/mol. The van der Waals surface area contributed by atoms with E-state index < -0.39 is 0 Å². The highest BCUT2D eigenvalue weighted by Gasteiger charge is 2.22. The van der Waals surface area contributed by atoms with E-state index in [4.69, 9.17) is 0 Å². The highest BCUT2D eigenvalue weighted by atomic mass is 16.1. The van der Waals surface area contributed by atoms with Crippen molar-refractivity contribution in [3.63, 3.8) is 0 Å². The molecule has 1 aromatic carbocycles. The summed E-state index contributed by atoms with van der Waals surface area (Å²) in [5.41, 5.74) is 3.73. The van der Waals surface area contributed by atoms with Crippen LogP contribution in [0.25, 0.3) is 0 Å². The number of allylic oxidation sites excluding steroid dienone is 1. The van der Waals surface area contributed by atoms with E-state index in [1.165, 1.54) is 5.56 Å². The van der Waals surface area contributed by atoms with Crippen LogP contribution in [0.1, 0.15) is 56.0 Å². The third kappa shape index (κ3) is 5.72. The predicted molar refractivity (Wildman–Crippen MR) is 129 cm³/mol. The van der Waals surface area contributed by atoms with Crippen LogP contribution in [0.15, 0.2) is 60.0 Å². The van der Waals surface area contributed by atoms with E-state index in [2.05, 4.69) is 58.0 Å². The number of hydrogen-bond acceptors (Lipinski definition) is 4. The van der Waals surface area contributed by atoms with Crippen molar-refractivity contribution in [1.29, 1.82) is 0 Å². The SMILES string of the molecule is CC=CN=C(CC)N1CCN(c2cc(C(C)C)ccc2NC(=O)c2cccnc2)CC1. The molecule has 0 spiro atoms. The van der Waals surface area contributed by atoms with E-state index >= 15 is 0 Å². The van der Waals surface area contributed by atoms with Gasteiger partial charge in [0.2, 0.25) is 0 Å². The largest absolute Gasteiger partial charge is 0.366 e. The zero-order valence-electron chi connectivity index (χ0n) is 19.0. The maximum absolute atomic E-state index is 12.7. The maximum Gasteiger partial charge on any atom is 0.257 e. The van der Waals surface area contributed by atoms with E-state index in [1.807, 2.05) is 25.3 Å². The molecule has 1 aliphatic heterocycles. The summed E-state index contributed by atoms with van der Waals surface area (Å²) < 4.78 is 0. The van der Waals surface area contributed by atoms with Crippen molar-refractivity contribution in [2.45, 2.75) is 40.0 Å². The lowest BCUT2D eigenvalue weighted by Crippen LogP contribution is -2.48. The van der Waals surface area contributed by atoms with E-state index in [9.17, 15) is 4.79 Å². The highest BCUT2D eigenvalue weighted by Crippen LogP contribution is 2.31. The van der Waals surface area contributed by atoms with Gasteiger partial charge in [-0.15, -0.1) is 0 Å². The average Bonchev–Trinajstić information content (AvgIpc) is 2.80. The fraction of sp³-hybridized carbons (Fsp3) is 0.400. The smallest absolute Gasteiger partial charge is 0.257 e. The van der Waals surface area contributed by atoms with Gasteiger partial charge in [0, 0.05) is 51.2 Å². The minimum atomic E-state index is -0.142. The Morgan fingerprint density at radius 2 is 2.00 bits per heavy atom. The lowest BCUT2D eigenvalue weighted by atomic mass is 10.0. The molecule has 3 rings (SSSR count). The summed E-state index contributed by atoms with van der Waals surface area (Å²) in [6, 6.07) is 9.89. The van der Waals surface area contributed by atoms with Gasteiger partial charge in [0.1, 0.15) is 5.84 Å². The standard InChI is InChI=1S/C25H33N5O/c1-5-11-27-24(6-2)30-15-13-29(14-16-30)23-17-20(19(3)4)9-10-22(23)28-25(31)21-8-7-12-26-18-21/h5,7-12,17-19H,6,13-16H2,1-4H3,(H,28,31). The number of hydrogen-bond donors (Lipinski definition) is 1. The summed E-state index contributed by atoms with van der Waals surface area (Å²) >= 11 is 0. The first-order chi connectivity index (χ1) is 15.0. The molecule has 1 saturated heterocycles. The Morgan fingerprint density at radius 1 is 1.23 bits per heavy atom. The number of nitrogens with zero attached hydrogens (tertiary/aromatic N) is 4. The van der Waals surface area contributed by atoms with Gasteiger partial charge in [-0.3, -0.25) is 9.78 Å². The second-order valence-corrected chi connectivity index (χ2v) is 7.98. The monoisotopic (exact) mass is 419 g/mol. The van der Waals surface area contributed by atoms with Crippen LogP contribution >= 0.6 is 0 Å². The Morgan fingerprint density at radius 3 is 2.61 bits per heavy atom. The number of anilines is 2. The number of carbonyl (C=O) groups excluding carboxylic acids is 1. The lowest BCUT2D eigenvalue weighted by molar-refractivity contribution is 0.102. The van der Waals surface area contributed by atoms with Crippen molar-refractivity contribution in [1.82, 2.24) is 9.88 Å². The molecule has 2 heterocycles. The number of carbonyl (C=O) groups is 1. The summed E-state index contributed by atoms with van der Waals surface area (Å²) in [4.78, 5) is 26.1. The van der Waals surface area contributed by atoms with Crippen LogP contribution in [0.5, 0.6) is 0 Å². The van der Waals surface area contributed by atoms with Gasteiger partial charge in [0.05, 0.1) is 16.9 Å². The summed E-state index contributed by atoms with van der Waals surface area (Å²) in [5, 5.41) is 3.10. The summed E-state index contributed by atoms with van der Waals surface area (Å²) in [7, 11) is 0. The van der Waals surface area contributed by atoms with Crippen molar-refractivity contribution in [2.75, 3.05) is 36.4 Å². The van der Waals surface area contributed by atoms with E-state index in [-0.39, 0.29) is 5.91 Å². The molecule has 1 N–H and O–H groups in total. The molecule has 0 aliphatic carbocycles. The number of aromatic nitrogens is 1. The number of pyridine rings is 1. The van der Waals surface area contributed by atoms with Gasteiger partial charge in [-0.05, 0) is 42.7 Å². The number of amidine groups is 1. The highest BCUT2D eigenvalue weighted by molar-refractivity contribution is 6.05. The lowest BCUT2D eigenvalue weighted by Gasteiger charge is -2.38. The Balaban J connectivity index is 1.81. The first kappa shape index (κ1) is 22.5. The normalized spacial score (nSPS) is 15.1. The van der Waals surface area contributed by atoms with Gasteiger partial charge in [0.25, 0.3) is 5.91 Å². The molecule has 1 aromatic heterocycles. The number of nitrogens with one attached hydrogen (secondary N) is 1. The summed E-state index contributed by atoms with van der Waals surface area (Å²) in [6.45, 7) is 12.1. The van der Waals surface area contributed by atoms with Crippen LogP contribution in [0, 0.1) is 0 Å². The van der Waals surface area contributed by atoms with Gasteiger partial charge in [-0.2, -0.15) is 0 Å². The Labute approximate surface area is 185 Å². The molecular weight excluding hydrogens is 386 g/mol. The topological polar surface area (TPSA) is 60.8 Å². The third-order valence-electron chi connectivity index (χ3n) is 5.53. The molecule has 31 heavy (non-hydrogen) atoms. The first-order valence-corrected chi connectivity index (χ1v) is 11.1. The summed E-state index contributed by atoms with van der Waals surface area (Å²) in [6.07, 6.45) is 8.00. The molecule has 2 aromatic rings. The van der Waals surface area contributed by atoms with Crippen LogP contribution < -0.4 is 10.2 Å². The van der Waals surface area contributed by atoms with Gasteiger partial charge >= 0.3 is 0 Å². The van der Waals surface area contributed by atoms with Crippen LogP contribution in [0.2, 0.25) is 0 Å². The molecule has 0 saturated carbocycles. The van der Waals surface area contributed by atoms with Crippen LogP contribution in [-0.4, -0.2) is 47.8 Å². The van der Waals surface area contributed by atoms with Crippen molar-refractivity contribution in [2.24, 2.45) is 4.99 Å². The minimum Gasteiger partial charge on any atom is -0.366 e. The van der Waals surface area contributed by atoms with Gasteiger partial charge in [-0.25, -0.2) is 4.99 Å². The molecule has 6 nitrogen and oxygen atoms in total. The quantitative estimate of drug-likeness (QED) is 0.533. The van der Waals surface area contributed by atoms with E-state index in [1.54, 1.807) is 24.5 Å². The number of rotatable bonds is 6. The molecule has 0 atom stereocenters. The Kier molecular flexibility index (Phi) is 7.82. The van der Waals surface area contributed by atoms with Crippen LogP contribution in [0.3, 0.4) is 0 Å². The molecular formula is C25H33N5O. The number of amides is 1. The zero-order chi connectivity index (χ0) is 22.2. The predicted octanol–water partition coefficient (Wildman–Crippen LogP) is 4.92. The Bertz CT molecular complexity index is 928. The molecule has 1 fully saturated rings. The molecule has 0 unspecified atom stereocenters. The van der Waals surface area contributed by atoms with Gasteiger partial charge < -0.3 is 15.1 Å². The summed E-state index contributed by atoms with van der Waals surface area (Å²) in [5.74, 6) is 1.40. The second kappa shape index (κ2) is 10.8. The van der Waals surface area contributed by atoms with Crippen LogP contribution in [-0.2, 0) is 0 Å². The van der Waals surface area contributed by atoms with Crippen molar-refractivity contribution < 1.29 is 4.79 Å². The fourth-order valence-electron chi connectivity index (χ4n) is 3.73. The molecule has 0 bridgehead atoms. The fourth-order valence-corrected chi connectivity index (χ4v) is 3.73. The molecule has 0 radical (unpaired) electrons. The second-order valence-electron chi connectivity index (χ2n) is 7.98. The van der Waals surface area contributed by atoms with E-state index in [0.717, 1.165) is 49.8 Å². The maximum atomic E-state index is 12.7. The van der Waals surface area contributed by atoms with Crippen LogP contribution in [0.4, 0.5) is 11.4 Å². The number of piperazine rings is 1. The van der Waals surface area contributed by atoms with Crippen molar-refractivity contribution in [3.8, 4) is 0 Å². The van der Waals surface area contributed by atoms with Gasteiger partial charge in [0.15, 0.2) is 0 Å². The number of aliphatic imine (C=N–C) groups is 1. The molecule has 1 amide bonds. The van der Waals surface area contributed by atoms with Crippen molar-refractivity contribution >= 4 is 23.1 Å². The van der Waals surface area contributed by atoms with Gasteiger partial charge in [-0.1, -0.05) is 32.9 Å². The first-order valence-electron chi connectivity index (χ1n) is 11.1. The number of benzene rings is 1. The molecule has 164 valence electrons. The zero-order valence-corrected chi connectivity index (χ0v) is 19.0. The minimum absolute atomic E-state index is 0.142. The molecule has 6 heteroatoms. The molecule has 1 aliphatic rings. The Hall–Kier alpha value is -3.15.